The molecule has 3 amide bonds. The number of nitrogens with zero attached hydrogens (tertiary/aromatic N) is 1. The Hall–Kier alpha value is -4.35. The van der Waals surface area contributed by atoms with Gasteiger partial charge in [0.25, 0.3) is 11.1 Å². The molecule has 0 aliphatic carbocycles. The highest BCUT2D eigenvalue weighted by atomic mass is 35.5. The molecule has 1 aliphatic rings. The van der Waals surface area contributed by atoms with E-state index in [0.717, 1.165) is 10.5 Å². The Labute approximate surface area is 231 Å². The smallest absolute Gasteiger partial charge is 0.339 e. The van der Waals surface area contributed by atoms with Crippen LogP contribution in [-0.4, -0.2) is 52.2 Å². The van der Waals surface area contributed by atoms with Gasteiger partial charge >= 0.3 is 11.9 Å². The summed E-state index contributed by atoms with van der Waals surface area (Å²) in [6.45, 7) is 3.05. The first kappa shape index (κ1) is 27.7. The Balaban J connectivity index is 1.46. The van der Waals surface area contributed by atoms with Crippen LogP contribution >= 0.6 is 23.4 Å². The fourth-order valence-electron chi connectivity index (χ4n) is 3.67. The van der Waals surface area contributed by atoms with Crippen molar-refractivity contribution in [3.63, 3.8) is 0 Å². The van der Waals surface area contributed by atoms with Crippen LogP contribution in [0.2, 0.25) is 5.02 Å². The number of furan rings is 1. The quantitative estimate of drug-likeness (QED) is 0.267. The molecule has 1 saturated heterocycles. The van der Waals surface area contributed by atoms with Crippen molar-refractivity contribution in [2.24, 2.45) is 0 Å². The predicted molar refractivity (Wildman–Crippen MR) is 145 cm³/mol. The normalized spacial score (nSPS) is 14.1. The van der Waals surface area contributed by atoms with E-state index in [4.69, 9.17) is 20.8 Å². The summed E-state index contributed by atoms with van der Waals surface area (Å²) < 4.78 is 10.7. The molecule has 39 heavy (non-hydrogen) atoms. The third kappa shape index (κ3) is 6.21. The van der Waals surface area contributed by atoms with Crippen molar-refractivity contribution in [3.05, 3.63) is 80.9 Å². The number of thioether (sulfide) groups is 1. The summed E-state index contributed by atoms with van der Waals surface area (Å²) in [5.41, 5.74) is 1.77. The van der Waals surface area contributed by atoms with E-state index in [-0.39, 0.29) is 39.1 Å². The zero-order valence-electron chi connectivity index (χ0n) is 20.6. The van der Waals surface area contributed by atoms with Crippen molar-refractivity contribution in [3.8, 4) is 11.3 Å². The minimum atomic E-state index is -1.07. The Morgan fingerprint density at radius 3 is 2.62 bits per heavy atom. The van der Waals surface area contributed by atoms with Crippen molar-refractivity contribution in [2.75, 3.05) is 18.5 Å². The number of halogens is 1. The van der Waals surface area contributed by atoms with E-state index in [1.807, 2.05) is 0 Å². The maximum atomic E-state index is 12.9. The number of anilines is 1. The molecule has 2 heterocycles. The molecule has 4 rings (SSSR count). The number of hydrogen-bond donors (Lipinski definition) is 2. The Kier molecular flexibility index (Phi) is 8.22. The van der Waals surface area contributed by atoms with Gasteiger partial charge in [0.1, 0.15) is 18.1 Å². The summed E-state index contributed by atoms with van der Waals surface area (Å²) in [7, 11) is 0. The molecule has 1 fully saturated rings. The SMILES string of the molecule is CCOC(=O)c1cc(NC(=O)CN2C(=O)S/C(=C\c3ccc(-c4cc(C(=O)O)ccc4C)o3)C2=O)ccc1Cl. The van der Waals surface area contributed by atoms with Crippen LogP contribution < -0.4 is 5.32 Å². The van der Waals surface area contributed by atoms with E-state index < -0.39 is 35.5 Å². The molecule has 0 bridgehead atoms. The summed E-state index contributed by atoms with van der Waals surface area (Å²) in [6.07, 6.45) is 1.38. The van der Waals surface area contributed by atoms with Crippen molar-refractivity contribution >= 4 is 64.1 Å². The van der Waals surface area contributed by atoms with Gasteiger partial charge in [0.15, 0.2) is 0 Å². The standard InChI is InChI=1S/C27H21ClN2O8S/c1-3-37-26(35)19-11-16(6-8-20(19)28)29-23(31)13-30-24(32)22(39-27(30)36)12-17-7-9-21(38-17)18-10-15(25(33)34)5-4-14(18)2/h4-12H,3,13H2,1-2H3,(H,29,31)(H,33,34)/b22-12-. The number of amides is 3. The highest BCUT2D eigenvalue weighted by Gasteiger charge is 2.36. The molecular weight excluding hydrogens is 548 g/mol. The van der Waals surface area contributed by atoms with Gasteiger partial charge in [-0.3, -0.25) is 19.3 Å². The first-order chi connectivity index (χ1) is 18.6. The van der Waals surface area contributed by atoms with Crippen molar-refractivity contribution in [1.82, 2.24) is 4.90 Å². The van der Waals surface area contributed by atoms with Gasteiger partial charge in [-0.05, 0) is 73.6 Å². The Morgan fingerprint density at radius 2 is 1.90 bits per heavy atom. The number of hydrogen-bond acceptors (Lipinski definition) is 8. The second-order valence-electron chi connectivity index (χ2n) is 8.27. The lowest BCUT2D eigenvalue weighted by Gasteiger charge is -2.13. The van der Waals surface area contributed by atoms with E-state index >= 15 is 0 Å². The van der Waals surface area contributed by atoms with Gasteiger partial charge in [0.2, 0.25) is 5.91 Å². The number of aromatic carboxylic acids is 1. The molecule has 0 saturated carbocycles. The third-order valence-electron chi connectivity index (χ3n) is 5.57. The first-order valence-electron chi connectivity index (χ1n) is 11.5. The minimum Gasteiger partial charge on any atom is -0.478 e. The molecule has 0 atom stereocenters. The molecule has 1 aromatic heterocycles. The number of carbonyl (C=O) groups is 5. The van der Waals surface area contributed by atoms with Gasteiger partial charge < -0.3 is 19.6 Å². The van der Waals surface area contributed by atoms with Crippen LogP contribution in [-0.2, 0) is 14.3 Å². The van der Waals surface area contributed by atoms with E-state index in [9.17, 15) is 29.1 Å². The van der Waals surface area contributed by atoms with E-state index in [1.54, 1.807) is 32.0 Å². The Bertz CT molecular complexity index is 1540. The van der Waals surface area contributed by atoms with Crippen LogP contribution in [0.3, 0.4) is 0 Å². The number of carboxylic acids is 1. The number of rotatable bonds is 8. The molecule has 3 aromatic rings. The maximum Gasteiger partial charge on any atom is 0.339 e. The molecule has 2 N–H and O–H groups in total. The fourth-order valence-corrected chi connectivity index (χ4v) is 4.69. The van der Waals surface area contributed by atoms with Gasteiger partial charge in [-0.1, -0.05) is 17.7 Å². The van der Waals surface area contributed by atoms with E-state index in [2.05, 4.69) is 5.32 Å². The van der Waals surface area contributed by atoms with Crippen molar-refractivity contribution < 1.29 is 38.2 Å². The Morgan fingerprint density at radius 1 is 1.13 bits per heavy atom. The zero-order valence-corrected chi connectivity index (χ0v) is 22.2. The molecule has 0 spiro atoms. The average molecular weight is 569 g/mol. The topological polar surface area (TPSA) is 143 Å². The summed E-state index contributed by atoms with van der Waals surface area (Å²) in [5, 5.41) is 11.3. The number of carbonyl (C=O) groups excluding carboxylic acids is 4. The third-order valence-corrected chi connectivity index (χ3v) is 6.81. The molecule has 2 aromatic carbocycles. The average Bonchev–Trinajstić information content (AvgIpc) is 3.45. The number of imide groups is 1. The highest BCUT2D eigenvalue weighted by Crippen LogP contribution is 2.34. The summed E-state index contributed by atoms with van der Waals surface area (Å²) in [4.78, 5) is 62.1. The van der Waals surface area contributed by atoms with E-state index in [0.29, 0.717) is 23.1 Å². The maximum absolute atomic E-state index is 12.9. The lowest BCUT2D eigenvalue weighted by molar-refractivity contribution is -0.127. The van der Waals surface area contributed by atoms with Crippen LogP contribution in [0.4, 0.5) is 10.5 Å². The van der Waals surface area contributed by atoms with E-state index in [1.165, 1.54) is 36.4 Å². The summed E-state index contributed by atoms with van der Waals surface area (Å²) in [6, 6.07) is 12.1. The predicted octanol–water partition coefficient (Wildman–Crippen LogP) is 5.46. The largest absolute Gasteiger partial charge is 0.478 e. The van der Waals surface area contributed by atoms with Crippen LogP contribution in [0.25, 0.3) is 17.4 Å². The molecule has 1 aliphatic heterocycles. The molecule has 200 valence electrons. The van der Waals surface area contributed by atoms with Gasteiger partial charge in [0, 0.05) is 17.3 Å². The number of esters is 1. The van der Waals surface area contributed by atoms with Gasteiger partial charge in [-0.2, -0.15) is 0 Å². The summed E-state index contributed by atoms with van der Waals surface area (Å²) >= 11 is 6.69. The molecule has 10 nitrogen and oxygen atoms in total. The van der Waals surface area contributed by atoms with Gasteiger partial charge in [-0.15, -0.1) is 0 Å². The molecule has 0 radical (unpaired) electrons. The van der Waals surface area contributed by atoms with Crippen LogP contribution in [0.15, 0.2) is 57.9 Å². The lowest BCUT2D eigenvalue weighted by Crippen LogP contribution is -2.36. The number of ether oxygens (including phenoxy) is 1. The van der Waals surface area contributed by atoms with Crippen LogP contribution in [0, 0.1) is 6.92 Å². The monoisotopic (exact) mass is 568 g/mol. The second kappa shape index (κ2) is 11.6. The number of benzene rings is 2. The lowest BCUT2D eigenvalue weighted by atomic mass is 10.0. The first-order valence-corrected chi connectivity index (χ1v) is 12.7. The zero-order chi connectivity index (χ0) is 28.3. The van der Waals surface area contributed by atoms with Gasteiger partial charge in [0.05, 0.1) is 27.7 Å². The minimum absolute atomic E-state index is 0.0563. The van der Waals surface area contributed by atoms with Crippen LogP contribution in [0.5, 0.6) is 0 Å². The number of aryl methyl sites for hydroxylation is 1. The number of carboxylic acid groups (broad SMARTS) is 1. The fraction of sp³-hybridized carbons (Fsp3) is 0.148. The molecular formula is C27H21ClN2O8S. The molecule has 12 heteroatoms. The van der Waals surface area contributed by atoms with Crippen molar-refractivity contribution in [1.29, 1.82) is 0 Å². The van der Waals surface area contributed by atoms with Gasteiger partial charge in [-0.25, -0.2) is 9.59 Å². The number of nitrogens with one attached hydrogen (secondary N) is 1. The molecule has 0 unspecified atom stereocenters. The van der Waals surface area contributed by atoms with Crippen molar-refractivity contribution in [2.45, 2.75) is 13.8 Å². The summed E-state index contributed by atoms with van der Waals surface area (Å²) in [5.74, 6) is -2.40. The highest BCUT2D eigenvalue weighted by molar-refractivity contribution is 8.18. The second-order valence-corrected chi connectivity index (χ2v) is 9.67. The van der Waals surface area contributed by atoms with Crippen LogP contribution in [0.1, 0.15) is 39.0 Å².